The lowest BCUT2D eigenvalue weighted by Gasteiger charge is -2.04. The molecule has 0 aliphatic carbocycles. The molecule has 0 aliphatic heterocycles. The van der Waals surface area contributed by atoms with Gasteiger partial charge in [0.15, 0.2) is 0 Å². The first-order chi connectivity index (χ1) is 9.02. The molecule has 0 spiro atoms. The molecule has 1 aromatic carbocycles. The molecule has 0 amide bonds. The Bertz CT molecular complexity index is 610. The maximum atomic E-state index is 10.8. The molecule has 0 aliphatic rings. The fourth-order valence-electron chi connectivity index (χ4n) is 1.71. The molecule has 2 aromatic rings. The standard InChI is InChI=1S/C13H13ClN2O3/c1-2-11(15)13-6-5-12(19-13)9-7-8(16(17)18)3-4-10(9)14/h3-7,11H,2,15H2,1H3. The summed E-state index contributed by atoms with van der Waals surface area (Å²) in [6, 6.07) is 7.52. The van der Waals surface area contributed by atoms with E-state index in [2.05, 4.69) is 0 Å². The van der Waals surface area contributed by atoms with Crippen LogP contribution >= 0.6 is 11.6 Å². The Hall–Kier alpha value is -1.85. The third-order valence-corrected chi connectivity index (χ3v) is 3.19. The van der Waals surface area contributed by atoms with E-state index in [0.717, 1.165) is 6.42 Å². The fraction of sp³-hybridized carbons (Fsp3) is 0.231. The molecule has 0 saturated carbocycles. The zero-order valence-electron chi connectivity index (χ0n) is 10.3. The molecule has 1 atom stereocenters. The predicted molar refractivity (Wildman–Crippen MR) is 73.0 cm³/mol. The fourth-order valence-corrected chi connectivity index (χ4v) is 1.92. The van der Waals surface area contributed by atoms with Crippen molar-refractivity contribution in [2.75, 3.05) is 0 Å². The molecule has 0 saturated heterocycles. The Kier molecular flexibility index (Phi) is 3.87. The molecule has 1 aromatic heterocycles. The lowest BCUT2D eigenvalue weighted by atomic mass is 10.1. The van der Waals surface area contributed by atoms with Crippen LogP contribution in [0.2, 0.25) is 5.02 Å². The maximum absolute atomic E-state index is 10.8. The van der Waals surface area contributed by atoms with Crippen LogP contribution < -0.4 is 5.73 Å². The summed E-state index contributed by atoms with van der Waals surface area (Å²) >= 11 is 6.04. The molecule has 6 heteroatoms. The number of hydrogen-bond acceptors (Lipinski definition) is 4. The van der Waals surface area contributed by atoms with Crippen LogP contribution in [0.3, 0.4) is 0 Å². The summed E-state index contributed by atoms with van der Waals surface area (Å²) in [5.41, 5.74) is 6.33. The number of hydrogen-bond donors (Lipinski definition) is 1. The lowest BCUT2D eigenvalue weighted by Crippen LogP contribution is -2.06. The predicted octanol–water partition coefficient (Wildman–Crippen LogP) is 3.92. The van der Waals surface area contributed by atoms with Crippen LogP contribution in [-0.2, 0) is 0 Å². The number of furan rings is 1. The highest BCUT2D eigenvalue weighted by Crippen LogP contribution is 2.33. The van der Waals surface area contributed by atoms with Crippen LogP contribution in [0.15, 0.2) is 34.7 Å². The van der Waals surface area contributed by atoms with E-state index in [4.69, 9.17) is 21.8 Å². The molecule has 0 bridgehead atoms. The maximum Gasteiger partial charge on any atom is 0.270 e. The van der Waals surface area contributed by atoms with Crippen LogP contribution in [0.4, 0.5) is 5.69 Å². The molecule has 1 heterocycles. The van der Waals surface area contributed by atoms with Gasteiger partial charge in [-0.1, -0.05) is 18.5 Å². The minimum Gasteiger partial charge on any atom is -0.459 e. The normalized spacial score (nSPS) is 12.4. The van der Waals surface area contributed by atoms with E-state index in [1.165, 1.54) is 18.2 Å². The first-order valence-electron chi connectivity index (χ1n) is 5.82. The monoisotopic (exact) mass is 280 g/mol. The number of non-ortho nitro benzene ring substituents is 1. The number of nitro benzene ring substituents is 1. The van der Waals surface area contributed by atoms with E-state index in [0.29, 0.717) is 22.1 Å². The molecule has 0 fully saturated rings. The van der Waals surface area contributed by atoms with Crippen LogP contribution in [0.25, 0.3) is 11.3 Å². The van der Waals surface area contributed by atoms with Crippen molar-refractivity contribution in [2.24, 2.45) is 5.73 Å². The highest BCUT2D eigenvalue weighted by atomic mass is 35.5. The van der Waals surface area contributed by atoms with Gasteiger partial charge in [-0.2, -0.15) is 0 Å². The zero-order chi connectivity index (χ0) is 14.0. The van der Waals surface area contributed by atoms with E-state index in [9.17, 15) is 10.1 Å². The third-order valence-electron chi connectivity index (χ3n) is 2.86. The Morgan fingerprint density at radius 1 is 1.42 bits per heavy atom. The Balaban J connectivity index is 2.43. The van der Waals surface area contributed by atoms with Gasteiger partial charge in [-0.05, 0) is 24.6 Å². The lowest BCUT2D eigenvalue weighted by molar-refractivity contribution is -0.384. The number of halogens is 1. The summed E-state index contributed by atoms with van der Waals surface area (Å²) in [6.45, 7) is 1.95. The number of nitro groups is 1. The molecule has 0 radical (unpaired) electrons. The molecule has 19 heavy (non-hydrogen) atoms. The van der Waals surface area contributed by atoms with Crippen LogP contribution in [0, 0.1) is 10.1 Å². The minimum atomic E-state index is -0.471. The molecule has 1 unspecified atom stereocenters. The second-order valence-electron chi connectivity index (χ2n) is 4.14. The van der Waals surface area contributed by atoms with Crippen molar-refractivity contribution < 1.29 is 9.34 Å². The number of nitrogens with two attached hydrogens (primary N) is 1. The number of benzene rings is 1. The van der Waals surface area contributed by atoms with Crippen LogP contribution in [0.5, 0.6) is 0 Å². The largest absolute Gasteiger partial charge is 0.459 e. The van der Waals surface area contributed by atoms with Gasteiger partial charge in [-0.25, -0.2) is 0 Å². The molecular weight excluding hydrogens is 268 g/mol. The van der Waals surface area contributed by atoms with Crippen molar-refractivity contribution in [1.29, 1.82) is 0 Å². The van der Waals surface area contributed by atoms with Crippen molar-refractivity contribution in [3.05, 3.63) is 51.2 Å². The van der Waals surface area contributed by atoms with Gasteiger partial charge in [-0.3, -0.25) is 10.1 Å². The average Bonchev–Trinajstić information content (AvgIpc) is 2.87. The quantitative estimate of drug-likeness (QED) is 0.680. The summed E-state index contributed by atoms with van der Waals surface area (Å²) in [6.07, 6.45) is 0.746. The minimum absolute atomic E-state index is 0.0304. The van der Waals surface area contributed by atoms with E-state index in [1.54, 1.807) is 12.1 Å². The first-order valence-corrected chi connectivity index (χ1v) is 6.20. The van der Waals surface area contributed by atoms with E-state index in [-0.39, 0.29) is 11.7 Å². The van der Waals surface area contributed by atoms with Crippen molar-refractivity contribution in [3.8, 4) is 11.3 Å². The van der Waals surface area contributed by atoms with E-state index >= 15 is 0 Å². The Labute approximate surface area is 115 Å². The molecule has 2 N–H and O–H groups in total. The first kappa shape index (κ1) is 13.6. The van der Waals surface area contributed by atoms with Crippen molar-refractivity contribution in [2.45, 2.75) is 19.4 Å². The molecule has 5 nitrogen and oxygen atoms in total. The van der Waals surface area contributed by atoms with E-state index < -0.39 is 4.92 Å². The van der Waals surface area contributed by atoms with Crippen molar-refractivity contribution in [3.63, 3.8) is 0 Å². The SMILES string of the molecule is CCC(N)c1ccc(-c2cc([N+](=O)[O-])ccc2Cl)o1. The second-order valence-corrected chi connectivity index (χ2v) is 4.55. The van der Waals surface area contributed by atoms with Crippen LogP contribution in [0.1, 0.15) is 25.1 Å². The van der Waals surface area contributed by atoms with Gasteiger partial charge in [0.25, 0.3) is 5.69 Å². The van der Waals surface area contributed by atoms with Crippen LogP contribution in [-0.4, -0.2) is 4.92 Å². The summed E-state index contributed by atoms with van der Waals surface area (Å²) in [4.78, 5) is 10.3. The number of nitrogens with zero attached hydrogens (tertiary/aromatic N) is 1. The van der Waals surface area contributed by atoms with Crippen molar-refractivity contribution >= 4 is 17.3 Å². The Morgan fingerprint density at radius 2 is 2.16 bits per heavy atom. The zero-order valence-corrected chi connectivity index (χ0v) is 11.1. The smallest absolute Gasteiger partial charge is 0.270 e. The van der Waals surface area contributed by atoms with Gasteiger partial charge < -0.3 is 10.2 Å². The van der Waals surface area contributed by atoms with Gasteiger partial charge in [0, 0.05) is 17.7 Å². The highest BCUT2D eigenvalue weighted by Gasteiger charge is 2.15. The summed E-state index contributed by atoms with van der Waals surface area (Å²) in [7, 11) is 0. The van der Waals surface area contributed by atoms with E-state index in [1.807, 2.05) is 6.92 Å². The number of rotatable bonds is 4. The second kappa shape index (κ2) is 5.42. The van der Waals surface area contributed by atoms with Crippen molar-refractivity contribution in [1.82, 2.24) is 0 Å². The summed E-state index contributed by atoms with van der Waals surface area (Å²) in [5.74, 6) is 1.12. The van der Waals surface area contributed by atoms with Gasteiger partial charge in [0.2, 0.25) is 0 Å². The molecule has 100 valence electrons. The van der Waals surface area contributed by atoms with Gasteiger partial charge in [0.1, 0.15) is 11.5 Å². The molecule has 2 rings (SSSR count). The van der Waals surface area contributed by atoms with Gasteiger partial charge in [0.05, 0.1) is 16.0 Å². The summed E-state index contributed by atoms with van der Waals surface area (Å²) in [5, 5.41) is 11.2. The van der Waals surface area contributed by atoms with Gasteiger partial charge in [-0.15, -0.1) is 0 Å². The molecular formula is C13H13ClN2O3. The highest BCUT2D eigenvalue weighted by molar-refractivity contribution is 6.33. The topological polar surface area (TPSA) is 82.3 Å². The third kappa shape index (κ3) is 2.77. The summed E-state index contributed by atoms with van der Waals surface area (Å²) < 4.78 is 5.61. The van der Waals surface area contributed by atoms with Gasteiger partial charge >= 0.3 is 0 Å². The average molecular weight is 281 g/mol. The Morgan fingerprint density at radius 3 is 2.79 bits per heavy atom.